The van der Waals surface area contributed by atoms with E-state index in [0.717, 1.165) is 32.2 Å². The van der Waals surface area contributed by atoms with Crippen LogP contribution in [0.25, 0.3) is 0 Å². The lowest BCUT2D eigenvalue weighted by molar-refractivity contribution is -0.117. The Hall–Kier alpha value is -1.10. The Bertz CT molecular complexity index is 500. The fourth-order valence-electron chi connectivity index (χ4n) is 2.22. The molecule has 0 aromatic heterocycles. The van der Waals surface area contributed by atoms with E-state index in [0.29, 0.717) is 22.3 Å². The van der Waals surface area contributed by atoms with E-state index in [2.05, 4.69) is 5.32 Å². The normalized spacial score (nSPS) is 16.9. The summed E-state index contributed by atoms with van der Waals surface area (Å²) in [5.41, 5.74) is 0.632. The van der Waals surface area contributed by atoms with Gasteiger partial charge >= 0.3 is 0 Å². The molecule has 108 valence electrons. The van der Waals surface area contributed by atoms with Gasteiger partial charge in [0, 0.05) is 11.6 Å². The van der Waals surface area contributed by atoms with Gasteiger partial charge in [-0.15, -0.1) is 0 Å². The molecular formula is C14H16Cl2N2O2. The van der Waals surface area contributed by atoms with Gasteiger partial charge in [0.25, 0.3) is 0 Å². The van der Waals surface area contributed by atoms with Crippen LogP contribution in [0.4, 0.5) is 5.69 Å². The minimum Gasteiger partial charge on any atom is -0.325 e. The summed E-state index contributed by atoms with van der Waals surface area (Å²) in [6.07, 6.45) is 2.65. The monoisotopic (exact) mass is 314 g/mol. The lowest BCUT2D eigenvalue weighted by Gasteiger charge is -2.28. The van der Waals surface area contributed by atoms with E-state index in [1.54, 1.807) is 18.2 Å². The fourth-order valence-corrected chi connectivity index (χ4v) is 2.52. The number of hydrogen-bond donors (Lipinski definition) is 1. The number of anilines is 1. The minimum absolute atomic E-state index is 0.0899. The van der Waals surface area contributed by atoms with Crippen LogP contribution in [-0.2, 0) is 9.59 Å². The first-order chi connectivity index (χ1) is 9.58. The number of halogens is 2. The van der Waals surface area contributed by atoms with Crippen molar-refractivity contribution in [1.29, 1.82) is 0 Å². The molecule has 2 rings (SSSR count). The zero-order valence-corrected chi connectivity index (χ0v) is 12.5. The van der Waals surface area contributed by atoms with Gasteiger partial charge in [0.1, 0.15) is 6.29 Å². The molecule has 0 radical (unpaired) electrons. The van der Waals surface area contributed by atoms with Gasteiger partial charge in [-0.25, -0.2) is 0 Å². The van der Waals surface area contributed by atoms with E-state index in [1.807, 2.05) is 4.90 Å². The van der Waals surface area contributed by atoms with Gasteiger partial charge < -0.3 is 10.1 Å². The maximum absolute atomic E-state index is 11.9. The largest absolute Gasteiger partial charge is 0.325 e. The molecule has 0 saturated carbocycles. The number of likely N-dealkylation sites (tertiary alicyclic amines) is 1. The molecule has 1 heterocycles. The molecule has 0 bridgehead atoms. The second kappa shape index (κ2) is 7.07. The number of carbonyl (C=O) groups excluding carboxylic acids is 2. The molecule has 1 aliphatic heterocycles. The SMILES string of the molecule is O=CC1CCN(CC(=O)Nc2ccc(Cl)c(Cl)c2)CC1. The smallest absolute Gasteiger partial charge is 0.238 e. The zero-order valence-electron chi connectivity index (χ0n) is 10.9. The summed E-state index contributed by atoms with van der Waals surface area (Å²) in [7, 11) is 0. The molecule has 1 saturated heterocycles. The second-order valence-electron chi connectivity index (χ2n) is 4.93. The Morgan fingerprint density at radius 3 is 2.60 bits per heavy atom. The van der Waals surface area contributed by atoms with Gasteiger partial charge in [0.2, 0.25) is 5.91 Å². The topological polar surface area (TPSA) is 49.4 Å². The van der Waals surface area contributed by atoms with Crippen LogP contribution in [0.2, 0.25) is 10.0 Å². The third-order valence-electron chi connectivity index (χ3n) is 3.40. The van der Waals surface area contributed by atoms with Crippen LogP contribution in [0.1, 0.15) is 12.8 Å². The molecule has 1 aliphatic rings. The van der Waals surface area contributed by atoms with E-state index < -0.39 is 0 Å². The Balaban J connectivity index is 1.83. The highest BCUT2D eigenvalue weighted by Crippen LogP contribution is 2.25. The average molecular weight is 315 g/mol. The number of benzene rings is 1. The quantitative estimate of drug-likeness (QED) is 0.869. The summed E-state index contributed by atoms with van der Waals surface area (Å²) >= 11 is 11.7. The number of carbonyl (C=O) groups is 2. The Labute approximate surface area is 128 Å². The summed E-state index contributed by atoms with van der Waals surface area (Å²) < 4.78 is 0. The molecule has 1 aromatic carbocycles. The van der Waals surface area contributed by atoms with Crippen LogP contribution in [-0.4, -0.2) is 36.7 Å². The van der Waals surface area contributed by atoms with E-state index in [1.165, 1.54) is 0 Å². The number of hydrogen-bond acceptors (Lipinski definition) is 3. The van der Waals surface area contributed by atoms with Crippen molar-refractivity contribution in [1.82, 2.24) is 4.90 Å². The summed E-state index contributed by atoms with van der Waals surface area (Å²) in [4.78, 5) is 24.6. The van der Waals surface area contributed by atoms with Crippen molar-refractivity contribution < 1.29 is 9.59 Å². The van der Waals surface area contributed by atoms with Crippen LogP contribution in [0.3, 0.4) is 0 Å². The van der Waals surface area contributed by atoms with Crippen molar-refractivity contribution in [2.45, 2.75) is 12.8 Å². The molecule has 1 aromatic rings. The van der Waals surface area contributed by atoms with Crippen molar-refractivity contribution in [3.63, 3.8) is 0 Å². The lowest BCUT2D eigenvalue weighted by atomic mass is 9.99. The predicted octanol–water partition coefficient (Wildman–Crippen LogP) is 2.84. The molecule has 0 aliphatic carbocycles. The number of aldehydes is 1. The highest BCUT2D eigenvalue weighted by Gasteiger charge is 2.20. The number of rotatable bonds is 4. The first-order valence-corrected chi connectivity index (χ1v) is 7.26. The van der Waals surface area contributed by atoms with Gasteiger partial charge in [-0.3, -0.25) is 9.69 Å². The van der Waals surface area contributed by atoms with E-state index in [9.17, 15) is 9.59 Å². The molecule has 4 nitrogen and oxygen atoms in total. The molecule has 20 heavy (non-hydrogen) atoms. The van der Waals surface area contributed by atoms with Gasteiger partial charge in [-0.05, 0) is 44.1 Å². The van der Waals surface area contributed by atoms with Crippen molar-refractivity contribution in [2.24, 2.45) is 5.92 Å². The Morgan fingerprint density at radius 1 is 1.30 bits per heavy atom. The van der Waals surface area contributed by atoms with Crippen LogP contribution >= 0.6 is 23.2 Å². The molecule has 1 amide bonds. The van der Waals surface area contributed by atoms with Gasteiger partial charge in [-0.2, -0.15) is 0 Å². The molecule has 0 spiro atoms. The van der Waals surface area contributed by atoms with E-state index in [-0.39, 0.29) is 11.8 Å². The number of piperidine rings is 1. The van der Waals surface area contributed by atoms with Crippen LogP contribution in [0.15, 0.2) is 18.2 Å². The third kappa shape index (κ3) is 4.20. The summed E-state index contributed by atoms with van der Waals surface area (Å²) in [5.74, 6) is 0.0531. The Kier molecular flexibility index (Phi) is 5.40. The third-order valence-corrected chi connectivity index (χ3v) is 4.13. The molecule has 6 heteroatoms. The molecule has 0 unspecified atom stereocenters. The van der Waals surface area contributed by atoms with Gasteiger partial charge in [0.05, 0.1) is 16.6 Å². The summed E-state index contributed by atoms with van der Waals surface area (Å²) in [6.45, 7) is 1.88. The van der Waals surface area contributed by atoms with Crippen molar-refractivity contribution in [2.75, 3.05) is 25.0 Å². The summed E-state index contributed by atoms with van der Waals surface area (Å²) in [6, 6.07) is 4.99. The standard InChI is InChI=1S/C14H16Cl2N2O2/c15-12-2-1-11(7-13(12)16)17-14(20)8-18-5-3-10(9-19)4-6-18/h1-2,7,9-10H,3-6,8H2,(H,17,20). The predicted molar refractivity (Wildman–Crippen MR) is 80.3 cm³/mol. The molecule has 0 atom stereocenters. The molecule has 1 fully saturated rings. The first-order valence-electron chi connectivity index (χ1n) is 6.51. The lowest BCUT2D eigenvalue weighted by Crippen LogP contribution is -2.39. The highest BCUT2D eigenvalue weighted by molar-refractivity contribution is 6.42. The summed E-state index contributed by atoms with van der Waals surface area (Å²) in [5, 5.41) is 3.66. The zero-order chi connectivity index (χ0) is 14.5. The van der Waals surface area contributed by atoms with Gasteiger partial charge in [0.15, 0.2) is 0 Å². The first kappa shape index (κ1) is 15.3. The van der Waals surface area contributed by atoms with Crippen LogP contribution < -0.4 is 5.32 Å². The number of nitrogens with one attached hydrogen (secondary N) is 1. The van der Waals surface area contributed by atoms with E-state index >= 15 is 0 Å². The van der Waals surface area contributed by atoms with Crippen LogP contribution in [0, 0.1) is 5.92 Å². The molecule has 1 N–H and O–H groups in total. The Morgan fingerprint density at radius 2 is 2.00 bits per heavy atom. The number of amides is 1. The van der Waals surface area contributed by atoms with E-state index in [4.69, 9.17) is 23.2 Å². The highest BCUT2D eigenvalue weighted by atomic mass is 35.5. The average Bonchev–Trinajstić information content (AvgIpc) is 2.44. The molecular weight excluding hydrogens is 299 g/mol. The maximum Gasteiger partial charge on any atom is 0.238 e. The fraction of sp³-hybridized carbons (Fsp3) is 0.429. The number of nitrogens with zero attached hydrogens (tertiary/aromatic N) is 1. The van der Waals surface area contributed by atoms with Crippen molar-refractivity contribution in [3.05, 3.63) is 28.2 Å². The van der Waals surface area contributed by atoms with Crippen LogP contribution in [0.5, 0.6) is 0 Å². The maximum atomic E-state index is 11.9. The second-order valence-corrected chi connectivity index (χ2v) is 5.74. The minimum atomic E-state index is -0.0899. The van der Waals surface area contributed by atoms with Gasteiger partial charge in [-0.1, -0.05) is 23.2 Å². The van der Waals surface area contributed by atoms with Crippen molar-refractivity contribution in [3.8, 4) is 0 Å². The van der Waals surface area contributed by atoms with Crippen molar-refractivity contribution >= 4 is 41.1 Å².